The molecule has 2 rings (SSSR count). The van der Waals surface area contributed by atoms with Crippen LogP contribution in [0.3, 0.4) is 0 Å². The molecule has 82 valence electrons. The van der Waals surface area contributed by atoms with E-state index in [9.17, 15) is 4.79 Å². The summed E-state index contributed by atoms with van der Waals surface area (Å²) in [6.07, 6.45) is 1.66. The highest BCUT2D eigenvalue weighted by Gasteiger charge is 2.09. The van der Waals surface area contributed by atoms with Gasteiger partial charge in [0.25, 0.3) is 5.91 Å². The van der Waals surface area contributed by atoms with Crippen LogP contribution in [0.4, 0.5) is 5.82 Å². The lowest BCUT2D eigenvalue weighted by atomic mass is 10.3. The highest BCUT2D eigenvalue weighted by Crippen LogP contribution is 2.11. The maximum Gasteiger partial charge on any atom is 0.276 e. The number of aryl methyl sites for hydroxylation is 2. The van der Waals surface area contributed by atoms with Gasteiger partial charge in [0.15, 0.2) is 0 Å². The average Bonchev–Trinajstić information content (AvgIpc) is 2.65. The summed E-state index contributed by atoms with van der Waals surface area (Å²) in [4.78, 5) is 16.8. The first-order valence-electron chi connectivity index (χ1n) is 4.82. The Morgan fingerprint density at radius 1 is 1.38 bits per heavy atom. The molecular weight excluding hydrogens is 222 g/mol. The number of aromatic nitrogens is 2. The number of carbonyl (C=O) groups excluding carboxylic acids is 1. The van der Waals surface area contributed by atoms with Crippen LogP contribution >= 0.6 is 11.5 Å². The third-order valence-electron chi connectivity index (χ3n) is 2.02. The Morgan fingerprint density at radius 2 is 2.19 bits per heavy atom. The van der Waals surface area contributed by atoms with Gasteiger partial charge in [-0.3, -0.25) is 4.79 Å². The van der Waals surface area contributed by atoms with Crippen molar-refractivity contribution in [3.63, 3.8) is 0 Å². The Labute approximate surface area is 97.5 Å². The van der Waals surface area contributed by atoms with Crippen molar-refractivity contribution in [2.75, 3.05) is 5.32 Å². The third-order valence-corrected chi connectivity index (χ3v) is 2.71. The first-order valence-corrected chi connectivity index (χ1v) is 5.60. The van der Waals surface area contributed by atoms with E-state index in [2.05, 4.69) is 14.7 Å². The van der Waals surface area contributed by atoms with Crippen molar-refractivity contribution in [2.24, 2.45) is 0 Å². The van der Waals surface area contributed by atoms with E-state index in [1.54, 1.807) is 12.3 Å². The number of hydrogen-bond acceptors (Lipinski definition) is 4. The van der Waals surface area contributed by atoms with Crippen molar-refractivity contribution in [1.82, 2.24) is 9.36 Å². The van der Waals surface area contributed by atoms with Gasteiger partial charge in [-0.05, 0) is 49.1 Å². The Bertz CT molecular complexity index is 521. The molecule has 0 atom stereocenters. The molecule has 0 saturated heterocycles. The van der Waals surface area contributed by atoms with E-state index in [4.69, 9.17) is 0 Å². The average molecular weight is 233 g/mol. The summed E-state index contributed by atoms with van der Waals surface area (Å²) in [6, 6.07) is 5.45. The van der Waals surface area contributed by atoms with E-state index in [1.165, 1.54) is 11.5 Å². The molecule has 1 amide bonds. The minimum absolute atomic E-state index is 0.220. The molecule has 5 heteroatoms. The fourth-order valence-corrected chi connectivity index (χ4v) is 1.80. The quantitative estimate of drug-likeness (QED) is 0.866. The molecule has 0 unspecified atom stereocenters. The van der Waals surface area contributed by atoms with Crippen molar-refractivity contribution in [3.8, 4) is 0 Å². The van der Waals surface area contributed by atoms with Gasteiger partial charge in [0, 0.05) is 11.1 Å². The lowest BCUT2D eigenvalue weighted by Crippen LogP contribution is -2.13. The summed E-state index contributed by atoms with van der Waals surface area (Å²) in [5.41, 5.74) is 1.49. The maximum absolute atomic E-state index is 11.7. The second kappa shape index (κ2) is 4.40. The van der Waals surface area contributed by atoms with Gasteiger partial charge in [-0.15, -0.1) is 0 Å². The van der Waals surface area contributed by atoms with Crippen molar-refractivity contribution in [1.29, 1.82) is 0 Å². The van der Waals surface area contributed by atoms with E-state index < -0.39 is 0 Å². The summed E-state index contributed by atoms with van der Waals surface area (Å²) in [6.45, 7) is 3.86. The zero-order chi connectivity index (χ0) is 11.5. The van der Waals surface area contributed by atoms with Crippen LogP contribution in [0, 0.1) is 13.8 Å². The monoisotopic (exact) mass is 233 g/mol. The number of amides is 1. The van der Waals surface area contributed by atoms with Crippen molar-refractivity contribution in [2.45, 2.75) is 13.8 Å². The van der Waals surface area contributed by atoms with E-state index in [-0.39, 0.29) is 5.91 Å². The van der Waals surface area contributed by atoms with Gasteiger partial charge in [-0.1, -0.05) is 0 Å². The van der Waals surface area contributed by atoms with Crippen LogP contribution in [0.1, 0.15) is 20.9 Å². The summed E-state index contributed by atoms with van der Waals surface area (Å²) in [5.74, 6) is 0.332. The molecule has 0 aliphatic carbocycles. The van der Waals surface area contributed by atoms with Gasteiger partial charge in [0.1, 0.15) is 11.5 Å². The maximum atomic E-state index is 11.7. The molecule has 0 aromatic carbocycles. The fourth-order valence-electron chi connectivity index (χ4n) is 1.26. The van der Waals surface area contributed by atoms with Gasteiger partial charge >= 0.3 is 0 Å². The highest BCUT2D eigenvalue weighted by atomic mass is 32.1. The molecule has 0 bridgehead atoms. The fraction of sp³-hybridized carbons (Fsp3) is 0.182. The summed E-state index contributed by atoms with van der Waals surface area (Å²) in [5, 5.41) is 2.71. The van der Waals surface area contributed by atoms with Crippen LogP contribution in [0.5, 0.6) is 0 Å². The molecule has 0 saturated carbocycles. The molecule has 2 aromatic heterocycles. The molecular formula is C11H11N3OS. The molecule has 1 N–H and O–H groups in total. The van der Waals surface area contributed by atoms with Gasteiger partial charge in [0.2, 0.25) is 0 Å². The molecule has 0 aliphatic heterocycles. The molecule has 0 aliphatic rings. The normalized spacial score (nSPS) is 10.1. The summed E-state index contributed by atoms with van der Waals surface area (Å²) >= 11 is 1.32. The minimum atomic E-state index is -0.220. The summed E-state index contributed by atoms with van der Waals surface area (Å²) < 4.78 is 4.04. The number of carbonyl (C=O) groups is 1. The summed E-state index contributed by atoms with van der Waals surface area (Å²) in [7, 11) is 0. The van der Waals surface area contributed by atoms with Crippen LogP contribution in [0.15, 0.2) is 24.4 Å². The van der Waals surface area contributed by atoms with Crippen LogP contribution in [0.25, 0.3) is 0 Å². The van der Waals surface area contributed by atoms with Gasteiger partial charge in [0.05, 0.1) is 0 Å². The lowest BCUT2D eigenvalue weighted by Gasteiger charge is -2.02. The van der Waals surface area contributed by atoms with Crippen LogP contribution in [0.2, 0.25) is 0 Å². The first kappa shape index (κ1) is 10.8. The molecule has 0 spiro atoms. The van der Waals surface area contributed by atoms with E-state index in [1.807, 2.05) is 26.0 Å². The van der Waals surface area contributed by atoms with E-state index >= 15 is 0 Å². The SMILES string of the molecule is Cc1ccnc(NC(=O)c2cc(C)sn2)c1. The Morgan fingerprint density at radius 3 is 2.81 bits per heavy atom. The molecule has 0 radical (unpaired) electrons. The van der Waals surface area contributed by atoms with Crippen molar-refractivity contribution < 1.29 is 4.79 Å². The number of pyridine rings is 1. The Kier molecular flexibility index (Phi) is 2.96. The zero-order valence-electron chi connectivity index (χ0n) is 9.02. The zero-order valence-corrected chi connectivity index (χ0v) is 9.84. The number of rotatable bonds is 2. The standard InChI is InChI=1S/C11H11N3OS/c1-7-3-4-12-10(5-7)13-11(15)9-6-8(2)16-14-9/h3-6H,1-2H3,(H,12,13,15). The van der Waals surface area contributed by atoms with E-state index in [0.29, 0.717) is 11.5 Å². The smallest absolute Gasteiger partial charge is 0.276 e. The molecule has 2 aromatic rings. The molecule has 2 heterocycles. The van der Waals surface area contributed by atoms with Crippen molar-refractivity contribution >= 4 is 23.3 Å². The van der Waals surface area contributed by atoms with Crippen LogP contribution < -0.4 is 5.32 Å². The largest absolute Gasteiger partial charge is 0.305 e. The Balaban J connectivity index is 2.13. The number of nitrogens with zero attached hydrogens (tertiary/aromatic N) is 2. The van der Waals surface area contributed by atoms with Gasteiger partial charge in [-0.25, -0.2) is 4.98 Å². The molecule has 0 fully saturated rings. The second-order valence-electron chi connectivity index (χ2n) is 3.50. The predicted molar refractivity (Wildman–Crippen MR) is 63.8 cm³/mol. The third kappa shape index (κ3) is 2.43. The van der Waals surface area contributed by atoms with Crippen molar-refractivity contribution in [3.05, 3.63) is 40.5 Å². The number of nitrogens with one attached hydrogen (secondary N) is 1. The lowest BCUT2D eigenvalue weighted by molar-refractivity contribution is 0.102. The first-order chi connectivity index (χ1) is 7.65. The predicted octanol–water partition coefficient (Wildman–Crippen LogP) is 2.41. The molecule has 4 nitrogen and oxygen atoms in total. The molecule has 16 heavy (non-hydrogen) atoms. The number of anilines is 1. The van der Waals surface area contributed by atoms with Crippen LogP contribution in [-0.2, 0) is 0 Å². The minimum Gasteiger partial charge on any atom is -0.305 e. The van der Waals surface area contributed by atoms with Gasteiger partial charge in [-0.2, -0.15) is 4.37 Å². The second-order valence-corrected chi connectivity index (χ2v) is 4.50. The Hall–Kier alpha value is -1.75. The van der Waals surface area contributed by atoms with Gasteiger partial charge < -0.3 is 5.32 Å². The van der Waals surface area contributed by atoms with E-state index in [0.717, 1.165) is 10.4 Å². The highest BCUT2D eigenvalue weighted by molar-refractivity contribution is 7.05. The van der Waals surface area contributed by atoms with Crippen LogP contribution in [-0.4, -0.2) is 15.3 Å². The number of hydrogen-bond donors (Lipinski definition) is 1. The topological polar surface area (TPSA) is 54.9 Å².